The lowest BCUT2D eigenvalue weighted by Gasteiger charge is -2.10. The molecule has 2 aromatic carbocycles. The second-order valence-corrected chi connectivity index (χ2v) is 5.82. The van der Waals surface area contributed by atoms with E-state index in [-0.39, 0.29) is 0 Å². The largest absolute Gasteiger partial charge is 0.496 e. The Bertz CT molecular complexity index is 810. The summed E-state index contributed by atoms with van der Waals surface area (Å²) >= 11 is 0. The van der Waals surface area contributed by atoms with Crippen molar-refractivity contribution in [3.8, 4) is 5.75 Å². The monoisotopic (exact) mass is 349 g/mol. The number of anilines is 2. The van der Waals surface area contributed by atoms with Crippen LogP contribution in [0.15, 0.2) is 60.8 Å². The Morgan fingerprint density at radius 3 is 2.50 bits per heavy atom. The highest BCUT2D eigenvalue weighted by atomic mass is 16.5. The molecule has 0 aliphatic rings. The van der Waals surface area contributed by atoms with Crippen molar-refractivity contribution in [3.05, 3.63) is 71.9 Å². The summed E-state index contributed by atoms with van der Waals surface area (Å²) in [6.07, 6.45) is 3.38. The fourth-order valence-corrected chi connectivity index (χ4v) is 2.66. The van der Waals surface area contributed by atoms with Crippen LogP contribution in [-0.2, 0) is 12.8 Å². The predicted molar refractivity (Wildman–Crippen MR) is 104 cm³/mol. The highest BCUT2D eigenvalue weighted by molar-refractivity contribution is 5.38. The van der Waals surface area contributed by atoms with Crippen LogP contribution in [0.2, 0.25) is 0 Å². The van der Waals surface area contributed by atoms with E-state index < -0.39 is 0 Å². The van der Waals surface area contributed by atoms with Gasteiger partial charge in [-0.05, 0) is 30.0 Å². The molecule has 1 aromatic heterocycles. The number of hydrogen-bond acceptors (Lipinski definition) is 6. The van der Waals surface area contributed by atoms with Crippen LogP contribution in [0.25, 0.3) is 0 Å². The molecule has 0 radical (unpaired) electrons. The number of nitrogens with zero attached hydrogens (tertiary/aromatic N) is 3. The van der Waals surface area contributed by atoms with Crippen LogP contribution in [0.4, 0.5) is 11.8 Å². The van der Waals surface area contributed by atoms with E-state index in [4.69, 9.17) is 4.74 Å². The average Bonchev–Trinajstić information content (AvgIpc) is 2.69. The van der Waals surface area contributed by atoms with E-state index in [0.29, 0.717) is 11.8 Å². The molecule has 3 rings (SSSR count). The van der Waals surface area contributed by atoms with Crippen molar-refractivity contribution < 1.29 is 4.74 Å². The third-order valence-electron chi connectivity index (χ3n) is 3.99. The number of ether oxygens (including phenoxy) is 1. The molecule has 1 heterocycles. The van der Waals surface area contributed by atoms with Crippen molar-refractivity contribution in [1.29, 1.82) is 0 Å². The Labute approximate surface area is 153 Å². The first-order valence-corrected chi connectivity index (χ1v) is 8.68. The number of nitrogens with one attached hydrogen (secondary N) is 2. The van der Waals surface area contributed by atoms with E-state index in [1.807, 2.05) is 36.4 Å². The first-order valence-electron chi connectivity index (χ1n) is 8.68. The smallest absolute Gasteiger partial charge is 0.244 e. The number of rotatable bonds is 9. The fourth-order valence-electron chi connectivity index (χ4n) is 2.66. The molecule has 6 heteroatoms. The summed E-state index contributed by atoms with van der Waals surface area (Å²) in [5.41, 5.74) is 2.43. The van der Waals surface area contributed by atoms with Crippen LogP contribution in [0, 0.1) is 0 Å². The van der Waals surface area contributed by atoms with Gasteiger partial charge in [0.1, 0.15) is 5.75 Å². The topological polar surface area (TPSA) is 72.0 Å². The van der Waals surface area contributed by atoms with Gasteiger partial charge in [0.2, 0.25) is 5.95 Å². The molecule has 0 aliphatic heterocycles. The second-order valence-electron chi connectivity index (χ2n) is 5.82. The third-order valence-corrected chi connectivity index (χ3v) is 3.99. The first kappa shape index (κ1) is 17.7. The van der Waals surface area contributed by atoms with Crippen LogP contribution in [-0.4, -0.2) is 35.4 Å². The van der Waals surface area contributed by atoms with Gasteiger partial charge in [-0.15, -0.1) is 5.10 Å². The van der Waals surface area contributed by atoms with Crippen LogP contribution in [0.1, 0.15) is 11.1 Å². The first-order chi connectivity index (χ1) is 12.8. The van der Waals surface area contributed by atoms with E-state index >= 15 is 0 Å². The Balaban J connectivity index is 1.48. The summed E-state index contributed by atoms with van der Waals surface area (Å²) in [7, 11) is 1.69. The zero-order valence-electron chi connectivity index (χ0n) is 14.9. The van der Waals surface area contributed by atoms with Crippen molar-refractivity contribution in [2.75, 3.05) is 30.8 Å². The summed E-state index contributed by atoms with van der Waals surface area (Å²) in [4.78, 5) is 4.45. The van der Waals surface area contributed by atoms with Gasteiger partial charge in [-0.3, -0.25) is 0 Å². The van der Waals surface area contributed by atoms with Crippen molar-refractivity contribution in [1.82, 2.24) is 15.2 Å². The third kappa shape index (κ3) is 5.17. The molecule has 0 atom stereocenters. The standard InChI is InChI=1S/C20H23N5O/c1-26-18-10-6-5-9-17(18)12-14-21-19-15-23-25-20(24-19)22-13-11-16-7-3-2-4-8-16/h2-10,15H,11-14H2,1H3,(H2,21,22,24,25). The van der Waals surface area contributed by atoms with Gasteiger partial charge in [0, 0.05) is 13.1 Å². The molecular weight excluding hydrogens is 326 g/mol. The van der Waals surface area contributed by atoms with E-state index in [0.717, 1.165) is 37.2 Å². The lowest BCUT2D eigenvalue weighted by Crippen LogP contribution is -2.12. The average molecular weight is 349 g/mol. The minimum Gasteiger partial charge on any atom is -0.496 e. The van der Waals surface area contributed by atoms with Crippen molar-refractivity contribution >= 4 is 11.8 Å². The molecule has 0 fully saturated rings. The number of methoxy groups -OCH3 is 1. The second kappa shape index (κ2) is 9.36. The van der Waals surface area contributed by atoms with E-state index in [1.54, 1.807) is 13.3 Å². The van der Waals surface area contributed by atoms with Gasteiger partial charge >= 0.3 is 0 Å². The summed E-state index contributed by atoms with van der Waals surface area (Å²) < 4.78 is 5.37. The highest BCUT2D eigenvalue weighted by Gasteiger charge is 2.03. The summed E-state index contributed by atoms with van der Waals surface area (Å²) in [6.45, 7) is 1.50. The maximum absolute atomic E-state index is 5.37. The number of para-hydroxylation sites is 1. The van der Waals surface area contributed by atoms with Crippen molar-refractivity contribution in [3.63, 3.8) is 0 Å². The van der Waals surface area contributed by atoms with Gasteiger partial charge < -0.3 is 15.4 Å². The highest BCUT2D eigenvalue weighted by Crippen LogP contribution is 2.17. The van der Waals surface area contributed by atoms with Gasteiger partial charge in [0.05, 0.1) is 13.3 Å². The SMILES string of the molecule is COc1ccccc1CCNc1cnnc(NCCc2ccccc2)n1. The van der Waals surface area contributed by atoms with Gasteiger partial charge in [-0.2, -0.15) is 10.1 Å². The lowest BCUT2D eigenvalue weighted by atomic mass is 10.1. The Morgan fingerprint density at radius 1 is 0.885 bits per heavy atom. The van der Waals surface area contributed by atoms with E-state index in [9.17, 15) is 0 Å². The zero-order valence-corrected chi connectivity index (χ0v) is 14.9. The quantitative estimate of drug-likeness (QED) is 0.618. The molecule has 0 saturated heterocycles. The minimum absolute atomic E-state index is 0.531. The van der Waals surface area contributed by atoms with E-state index in [1.165, 1.54) is 5.56 Å². The molecule has 2 N–H and O–H groups in total. The maximum atomic E-state index is 5.37. The molecule has 0 amide bonds. The molecule has 0 unspecified atom stereocenters. The van der Waals surface area contributed by atoms with Gasteiger partial charge in [0.15, 0.2) is 5.82 Å². The maximum Gasteiger partial charge on any atom is 0.244 e. The molecule has 0 aliphatic carbocycles. The van der Waals surface area contributed by atoms with Crippen LogP contribution < -0.4 is 15.4 Å². The molecule has 26 heavy (non-hydrogen) atoms. The molecule has 0 spiro atoms. The zero-order chi connectivity index (χ0) is 18.0. The fraction of sp³-hybridized carbons (Fsp3) is 0.250. The minimum atomic E-state index is 0.531. The number of aromatic nitrogens is 3. The molecular formula is C20H23N5O. The lowest BCUT2D eigenvalue weighted by molar-refractivity contribution is 0.410. The Morgan fingerprint density at radius 2 is 1.65 bits per heavy atom. The number of hydrogen-bond donors (Lipinski definition) is 2. The van der Waals surface area contributed by atoms with Crippen molar-refractivity contribution in [2.45, 2.75) is 12.8 Å². The molecule has 6 nitrogen and oxygen atoms in total. The van der Waals surface area contributed by atoms with Gasteiger partial charge in [-0.1, -0.05) is 48.5 Å². The molecule has 0 saturated carbocycles. The van der Waals surface area contributed by atoms with Crippen molar-refractivity contribution in [2.24, 2.45) is 0 Å². The van der Waals surface area contributed by atoms with E-state index in [2.05, 4.69) is 44.0 Å². The van der Waals surface area contributed by atoms with Crippen LogP contribution in [0.5, 0.6) is 5.75 Å². The Kier molecular flexibility index (Phi) is 6.36. The van der Waals surface area contributed by atoms with Gasteiger partial charge in [-0.25, -0.2) is 0 Å². The van der Waals surface area contributed by atoms with Crippen LogP contribution >= 0.6 is 0 Å². The molecule has 134 valence electrons. The number of benzene rings is 2. The van der Waals surface area contributed by atoms with Gasteiger partial charge in [0.25, 0.3) is 0 Å². The summed E-state index contributed by atoms with van der Waals surface area (Å²) in [5.74, 6) is 2.14. The Hall–Kier alpha value is -3.15. The van der Waals surface area contributed by atoms with Crippen LogP contribution in [0.3, 0.4) is 0 Å². The normalized spacial score (nSPS) is 10.3. The molecule has 0 bridgehead atoms. The molecule has 3 aromatic rings. The summed E-state index contributed by atoms with van der Waals surface area (Å²) in [5, 5.41) is 14.5. The summed E-state index contributed by atoms with van der Waals surface area (Å²) in [6, 6.07) is 18.3. The predicted octanol–water partition coefficient (Wildman–Crippen LogP) is 3.19.